The van der Waals surface area contributed by atoms with Crippen molar-refractivity contribution in [2.24, 2.45) is 0 Å². The highest BCUT2D eigenvalue weighted by atomic mass is 16.6. The third-order valence-electron chi connectivity index (χ3n) is 4.10. The number of hydrogen-bond acceptors (Lipinski definition) is 5. The van der Waals surface area contributed by atoms with Crippen LogP contribution in [0.2, 0.25) is 0 Å². The summed E-state index contributed by atoms with van der Waals surface area (Å²) in [5.74, 6) is -0.862. The molecule has 2 aromatic carbocycles. The topological polar surface area (TPSA) is 55.8 Å². The fourth-order valence-corrected chi connectivity index (χ4v) is 2.62. The zero-order chi connectivity index (χ0) is 18.9. The highest BCUT2D eigenvalue weighted by molar-refractivity contribution is 5.93. The van der Waals surface area contributed by atoms with E-state index >= 15 is 0 Å². The summed E-state index contributed by atoms with van der Waals surface area (Å²) < 4.78 is 10.3. The van der Waals surface area contributed by atoms with Crippen LogP contribution in [-0.4, -0.2) is 31.8 Å². The first kappa shape index (κ1) is 19.5. The molecule has 2 aromatic rings. The van der Waals surface area contributed by atoms with E-state index in [4.69, 9.17) is 4.74 Å². The number of carbonyl (C=O) groups excluding carboxylic acids is 2. The maximum absolute atomic E-state index is 12.5. The Hall–Kier alpha value is -2.82. The molecule has 1 atom stereocenters. The maximum Gasteiger partial charge on any atom is 0.340 e. The van der Waals surface area contributed by atoms with E-state index in [-0.39, 0.29) is 0 Å². The average molecular weight is 355 g/mol. The zero-order valence-electron chi connectivity index (χ0n) is 15.5. The molecule has 0 aliphatic rings. The SMILES string of the molecule is CCCCN(c1ccccc1)C(C)OC(=O)c1ccc(C(=O)OC)cc1. The minimum absolute atomic E-state index is 0.394. The molecule has 5 nitrogen and oxygen atoms in total. The van der Waals surface area contributed by atoms with E-state index in [0.717, 1.165) is 25.1 Å². The predicted molar refractivity (Wildman–Crippen MR) is 101 cm³/mol. The third-order valence-corrected chi connectivity index (χ3v) is 4.10. The number of nitrogens with zero attached hydrogens (tertiary/aromatic N) is 1. The van der Waals surface area contributed by atoms with Crippen LogP contribution in [0.15, 0.2) is 54.6 Å². The molecule has 26 heavy (non-hydrogen) atoms. The Morgan fingerprint density at radius 3 is 2.08 bits per heavy atom. The van der Waals surface area contributed by atoms with Crippen molar-refractivity contribution in [2.45, 2.75) is 32.9 Å². The molecular weight excluding hydrogens is 330 g/mol. The minimum Gasteiger partial charge on any atom is -0.465 e. The fourth-order valence-electron chi connectivity index (χ4n) is 2.62. The Balaban J connectivity index is 2.08. The van der Waals surface area contributed by atoms with Crippen molar-refractivity contribution >= 4 is 17.6 Å². The van der Waals surface area contributed by atoms with Crippen molar-refractivity contribution in [2.75, 3.05) is 18.6 Å². The van der Waals surface area contributed by atoms with Gasteiger partial charge in [-0.1, -0.05) is 31.5 Å². The monoisotopic (exact) mass is 355 g/mol. The van der Waals surface area contributed by atoms with Gasteiger partial charge in [-0.3, -0.25) is 0 Å². The third kappa shape index (κ3) is 5.09. The Kier molecular flexibility index (Phi) is 7.21. The maximum atomic E-state index is 12.5. The van der Waals surface area contributed by atoms with Crippen molar-refractivity contribution in [1.29, 1.82) is 0 Å². The van der Waals surface area contributed by atoms with Crippen LogP contribution in [0.4, 0.5) is 5.69 Å². The lowest BCUT2D eigenvalue weighted by atomic mass is 10.1. The van der Waals surface area contributed by atoms with Crippen LogP contribution < -0.4 is 4.90 Å². The van der Waals surface area contributed by atoms with Gasteiger partial charge in [-0.25, -0.2) is 9.59 Å². The van der Waals surface area contributed by atoms with Gasteiger partial charge in [0.25, 0.3) is 0 Å². The highest BCUT2D eigenvalue weighted by Gasteiger charge is 2.19. The smallest absolute Gasteiger partial charge is 0.340 e. The molecule has 138 valence electrons. The van der Waals surface area contributed by atoms with Crippen molar-refractivity contribution in [3.8, 4) is 0 Å². The molecule has 0 aliphatic carbocycles. The van der Waals surface area contributed by atoms with Crippen molar-refractivity contribution in [3.63, 3.8) is 0 Å². The molecule has 0 aromatic heterocycles. The van der Waals surface area contributed by atoms with Crippen LogP contribution in [-0.2, 0) is 9.47 Å². The fraction of sp³-hybridized carbons (Fsp3) is 0.333. The van der Waals surface area contributed by atoms with Gasteiger partial charge in [0.2, 0.25) is 0 Å². The van der Waals surface area contributed by atoms with Crippen LogP contribution in [0.5, 0.6) is 0 Å². The van der Waals surface area contributed by atoms with Gasteiger partial charge in [-0.05, 0) is 49.7 Å². The van der Waals surface area contributed by atoms with Crippen LogP contribution in [0.25, 0.3) is 0 Å². The number of rotatable bonds is 8. The normalized spacial score (nSPS) is 11.5. The second kappa shape index (κ2) is 9.61. The zero-order valence-corrected chi connectivity index (χ0v) is 15.5. The number of carbonyl (C=O) groups is 2. The number of benzene rings is 2. The number of anilines is 1. The Labute approximate surface area is 154 Å². The molecule has 2 rings (SSSR count). The van der Waals surface area contributed by atoms with Crippen LogP contribution >= 0.6 is 0 Å². The number of ether oxygens (including phenoxy) is 2. The highest BCUT2D eigenvalue weighted by Crippen LogP contribution is 2.19. The number of hydrogen-bond donors (Lipinski definition) is 0. The molecule has 0 N–H and O–H groups in total. The summed E-state index contributed by atoms with van der Waals surface area (Å²) in [6.45, 7) is 4.79. The lowest BCUT2D eigenvalue weighted by molar-refractivity contribution is 0.0332. The number of unbranched alkanes of at least 4 members (excludes halogenated alkanes) is 1. The molecule has 0 spiro atoms. The molecule has 0 fully saturated rings. The first-order valence-corrected chi connectivity index (χ1v) is 8.77. The van der Waals surface area contributed by atoms with E-state index in [1.807, 2.05) is 37.3 Å². The molecule has 0 aliphatic heterocycles. The number of methoxy groups -OCH3 is 1. The van der Waals surface area contributed by atoms with Gasteiger partial charge in [0, 0.05) is 12.2 Å². The van der Waals surface area contributed by atoms with Gasteiger partial charge in [0.15, 0.2) is 6.23 Å². The minimum atomic E-state index is -0.437. The lowest BCUT2D eigenvalue weighted by Gasteiger charge is -2.30. The van der Waals surface area contributed by atoms with Crippen molar-refractivity contribution in [1.82, 2.24) is 0 Å². The van der Waals surface area contributed by atoms with Crippen LogP contribution in [0.3, 0.4) is 0 Å². The van der Waals surface area contributed by atoms with E-state index in [9.17, 15) is 9.59 Å². The summed E-state index contributed by atoms with van der Waals surface area (Å²) >= 11 is 0. The van der Waals surface area contributed by atoms with Gasteiger partial charge in [0.1, 0.15) is 0 Å². The second-order valence-electron chi connectivity index (χ2n) is 5.96. The molecule has 0 saturated carbocycles. The van der Waals surface area contributed by atoms with E-state index in [2.05, 4.69) is 16.6 Å². The van der Waals surface area contributed by atoms with Gasteiger partial charge in [-0.15, -0.1) is 0 Å². The molecular formula is C21H25NO4. The molecule has 0 bridgehead atoms. The summed E-state index contributed by atoms with van der Waals surface area (Å²) in [5, 5.41) is 0. The Bertz CT molecular complexity index is 713. The molecule has 5 heteroatoms. The Morgan fingerprint density at radius 2 is 1.54 bits per heavy atom. The predicted octanol–water partition coefficient (Wildman–Crippen LogP) is 4.28. The largest absolute Gasteiger partial charge is 0.465 e. The molecule has 0 amide bonds. The molecule has 0 heterocycles. The van der Waals surface area contributed by atoms with Gasteiger partial charge >= 0.3 is 11.9 Å². The summed E-state index contributed by atoms with van der Waals surface area (Å²) in [4.78, 5) is 26.0. The summed E-state index contributed by atoms with van der Waals surface area (Å²) in [6.07, 6.45) is 1.65. The van der Waals surface area contributed by atoms with Gasteiger partial charge < -0.3 is 14.4 Å². The van der Waals surface area contributed by atoms with Crippen LogP contribution in [0.1, 0.15) is 47.4 Å². The van der Waals surface area contributed by atoms with E-state index in [1.54, 1.807) is 24.3 Å². The standard InChI is InChI=1S/C21H25NO4/c1-4-5-15-22(19-9-7-6-8-10-19)16(2)26-21(24)18-13-11-17(12-14-18)20(23)25-3/h6-14,16H,4-5,15H2,1-3H3. The van der Waals surface area contributed by atoms with Crippen molar-refractivity contribution < 1.29 is 19.1 Å². The summed E-state index contributed by atoms with van der Waals surface area (Å²) in [7, 11) is 1.32. The van der Waals surface area contributed by atoms with E-state index < -0.39 is 18.2 Å². The van der Waals surface area contributed by atoms with E-state index in [1.165, 1.54) is 7.11 Å². The average Bonchev–Trinajstić information content (AvgIpc) is 2.68. The van der Waals surface area contributed by atoms with Gasteiger partial charge in [0.05, 0.1) is 18.2 Å². The summed E-state index contributed by atoms with van der Waals surface area (Å²) in [6, 6.07) is 16.2. The van der Waals surface area contributed by atoms with Crippen molar-refractivity contribution in [3.05, 3.63) is 65.7 Å². The first-order chi connectivity index (χ1) is 12.6. The lowest BCUT2D eigenvalue weighted by Crippen LogP contribution is -2.37. The second-order valence-corrected chi connectivity index (χ2v) is 5.96. The van der Waals surface area contributed by atoms with E-state index in [0.29, 0.717) is 11.1 Å². The quantitative estimate of drug-likeness (QED) is 0.522. The summed E-state index contributed by atoms with van der Waals surface area (Å²) in [5.41, 5.74) is 1.81. The molecule has 0 radical (unpaired) electrons. The Morgan fingerprint density at radius 1 is 0.962 bits per heavy atom. The van der Waals surface area contributed by atoms with Crippen LogP contribution in [0, 0.1) is 0 Å². The number of esters is 2. The number of para-hydroxylation sites is 1. The molecule has 1 unspecified atom stereocenters. The first-order valence-electron chi connectivity index (χ1n) is 8.77. The van der Waals surface area contributed by atoms with Gasteiger partial charge in [-0.2, -0.15) is 0 Å². The molecule has 0 saturated heterocycles.